The summed E-state index contributed by atoms with van der Waals surface area (Å²) >= 11 is 2.39. The predicted octanol–water partition coefficient (Wildman–Crippen LogP) is 6.69. The van der Waals surface area contributed by atoms with Crippen LogP contribution in [0.1, 0.15) is 41.0 Å². The Kier molecular flexibility index (Phi) is 2.71. The van der Waals surface area contributed by atoms with Crippen LogP contribution in [-0.4, -0.2) is 4.57 Å². The highest BCUT2D eigenvalue weighted by Gasteiger charge is 2.44. The molecule has 2 nitrogen and oxygen atoms in total. The number of fused-ring (bicyclic) bond motifs is 10. The standard InChI is InChI=1S/C24H16INO/c25-17-9-4-8-16-22-20(27-24(16)17)12-11-19-21(22)15-7-3-6-14-13-5-1-2-10-18(13)26(19)23(14)15/h1-2,4-5,7-12,19,21H,3,6H2. The molecule has 2 aliphatic carbocycles. The van der Waals surface area contributed by atoms with Crippen LogP contribution in [0, 0.1) is 3.57 Å². The maximum atomic E-state index is 6.30. The zero-order valence-electron chi connectivity index (χ0n) is 14.6. The number of aromatic nitrogens is 1. The van der Waals surface area contributed by atoms with Crippen LogP contribution in [0.4, 0.5) is 0 Å². The van der Waals surface area contributed by atoms with E-state index in [0.29, 0.717) is 12.0 Å². The van der Waals surface area contributed by atoms with E-state index in [1.807, 2.05) is 0 Å². The van der Waals surface area contributed by atoms with Gasteiger partial charge in [-0.15, -0.1) is 0 Å². The molecule has 0 N–H and O–H groups in total. The Hall–Kier alpha value is -2.27. The molecule has 0 amide bonds. The summed E-state index contributed by atoms with van der Waals surface area (Å²) in [6.07, 6.45) is 9.32. The lowest BCUT2D eigenvalue weighted by molar-refractivity contribution is 0.563. The highest BCUT2D eigenvalue weighted by atomic mass is 127. The number of hydrogen-bond donors (Lipinski definition) is 0. The molecule has 2 atom stereocenters. The van der Waals surface area contributed by atoms with Crippen LogP contribution < -0.4 is 0 Å². The monoisotopic (exact) mass is 461 g/mol. The molecule has 0 spiro atoms. The molecule has 0 bridgehead atoms. The van der Waals surface area contributed by atoms with Gasteiger partial charge in [-0.1, -0.05) is 42.5 Å². The fraction of sp³-hybridized carbons (Fsp3) is 0.167. The highest BCUT2D eigenvalue weighted by Crippen LogP contribution is 2.58. The van der Waals surface area contributed by atoms with Crippen LogP contribution in [0.3, 0.4) is 0 Å². The third kappa shape index (κ3) is 1.68. The molecule has 3 aliphatic rings. The minimum atomic E-state index is 0.342. The van der Waals surface area contributed by atoms with E-state index >= 15 is 0 Å². The first-order valence-corrected chi connectivity index (χ1v) is 10.6. The quantitative estimate of drug-likeness (QED) is 0.267. The van der Waals surface area contributed by atoms with Gasteiger partial charge in [0, 0.05) is 33.5 Å². The Morgan fingerprint density at radius 2 is 1.93 bits per heavy atom. The van der Waals surface area contributed by atoms with Crippen molar-refractivity contribution < 1.29 is 4.42 Å². The van der Waals surface area contributed by atoms with Crippen molar-refractivity contribution in [3.63, 3.8) is 0 Å². The van der Waals surface area contributed by atoms with Crippen molar-refractivity contribution in [2.75, 3.05) is 0 Å². The van der Waals surface area contributed by atoms with E-state index in [1.165, 1.54) is 42.3 Å². The van der Waals surface area contributed by atoms with Gasteiger partial charge in [0.1, 0.15) is 11.3 Å². The summed E-state index contributed by atoms with van der Waals surface area (Å²) in [5.41, 5.74) is 8.29. The highest BCUT2D eigenvalue weighted by molar-refractivity contribution is 14.1. The van der Waals surface area contributed by atoms with Gasteiger partial charge < -0.3 is 8.98 Å². The van der Waals surface area contributed by atoms with E-state index in [2.05, 4.69) is 87.9 Å². The summed E-state index contributed by atoms with van der Waals surface area (Å²) in [7, 11) is 0. The number of rotatable bonds is 0. The maximum absolute atomic E-state index is 6.30. The lowest BCUT2D eigenvalue weighted by Gasteiger charge is -2.24. The van der Waals surface area contributed by atoms with E-state index in [0.717, 1.165) is 24.2 Å². The fourth-order valence-corrected chi connectivity index (χ4v) is 6.17. The number of benzene rings is 2. The SMILES string of the molecule is Ic1cccc2c3c(oc12)C=CC1C3C2=CCCc3c2n1c1ccccc31. The normalized spacial score (nSPS) is 22.0. The molecule has 1 aliphatic heterocycles. The average molecular weight is 461 g/mol. The molecule has 0 radical (unpaired) electrons. The lowest BCUT2D eigenvalue weighted by atomic mass is 9.79. The van der Waals surface area contributed by atoms with Gasteiger partial charge in [0.2, 0.25) is 0 Å². The number of para-hydroxylation sites is 2. The number of halogens is 1. The molecule has 2 aromatic carbocycles. The largest absolute Gasteiger partial charge is 0.455 e. The lowest BCUT2D eigenvalue weighted by Crippen LogP contribution is -2.12. The smallest absolute Gasteiger partial charge is 0.148 e. The first-order valence-electron chi connectivity index (χ1n) is 9.54. The molecule has 0 fully saturated rings. The number of aryl methyl sites for hydroxylation is 1. The second kappa shape index (κ2) is 4.96. The Bertz CT molecular complexity index is 1350. The summed E-state index contributed by atoms with van der Waals surface area (Å²) < 4.78 is 10.1. The number of furan rings is 1. The number of nitrogens with zero attached hydrogens (tertiary/aromatic N) is 1. The van der Waals surface area contributed by atoms with Crippen molar-refractivity contribution in [3.05, 3.63) is 80.8 Å². The molecule has 7 rings (SSSR count). The van der Waals surface area contributed by atoms with Crippen LogP contribution >= 0.6 is 22.6 Å². The molecule has 3 heteroatoms. The average Bonchev–Trinajstić information content (AvgIpc) is 3.34. The van der Waals surface area contributed by atoms with Gasteiger partial charge in [-0.2, -0.15) is 0 Å². The number of allylic oxidation sites excluding steroid dienone is 3. The minimum Gasteiger partial charge on any atom is -0.455 e. The fourth-order valence-electron chi connectivity index (χ4n) is 5.56. The zero-order chi connectivity index (χ0) is 17.7. The maximum Gasteiger partial charge on any atom is 0.148 e. The first kappa shape index (κ1) is 14.7. The molecule has 2 aromatic heterocycles. The van der Waals surface area contributed by atoms with Gasteiger partial charge in [0.25, 0.3) is 0 Å². The molecule has 27 heavy (non-hydrogen) atoms. The van der Waals surface area contributed by atoms with E-state index < -0.39 is 0 Å². The van der Waals surface area contributed by atoms with Crippen LogP contribution in [-0.2, 0) is 6.42 Å². The van der Waals surface area contributed by atoms with Crippen molar-refractivity contribution in [2.24, 2.45) is 0 Å². The molecule has 0 saturated heterocycles. The Balaban J connectivity index is 1.59. The third-order valence-electron chi connectivity index (χ3n) is 6.51. The van der Waals surface area contributed by atoms with Gasteiger partial charge >= 0.3 is 0 Å². The Morgan fingerprint density at radius 1 is 1.04 bits per heavy atom. The van der Waals surface area contributed by atoms with Gasteiger partial charge in [-0.3, -0.25) is 0 Å². The van der Waals surface area contributed by atoms with Gasteiger partial charge in [0.05, 0.1) is 9.61 Å². The van der Waals surface area contributed by atoms with E-state index in [9.17, 15) is 0 Å². The van der Waals surface area contributed by atoms with Crippen molar-refractivity contribution in [1.29, 1.82) is 0 Å². The Morgan fingerprint density at radius 3 is 2.89 bits per heavy atom. The van der Waals surface area contributed by atoms with Crippen LogP contribution in [0.5, 0.6) is 0 Å². The van der Waals surface area contributed by atoms with Crippen LogP contribution in [0.15, 0.2) is 59.0 Å². The minimum absolute atomic E-state index is 0.342. The molecule has 0 saturated carbocycles. The second-order valence-corrected chi connectivity index (χ2v) is 8.90. The summed E-state index contributed by atoms with van der Waals surface area (Å²) in [5.74, 6) is 1.40. The molecular weight excluding hydrogens is 445 g/mol. The molecule has 3 heterocycles. The molecule has 2 unspecified atom stereocenters. The van der Waals surface area contributed by atoms with Crippen LogP contribution in [0.2, 0.25) is 0 Å². The van der Waals surface area contributed by atoms with Crippen LogP contribution in [0.25, 0.3) is 33.5 Å². The second-order valence-electron chi connectivity index (χ2n) is 7.74. The first-order chi connectivity index (χ1) is 13.3. The summed E-state index contributed by atoms with van der Waals surface area (Å²) in [5, 5.41) is 2.71. The van der Waals surface area contributed by atoms with Gasteiger partial charge in [0.15, 0.2) is 0 Å². The predicted molar refractivity (Wildman–Crippen MR) is 118 cm³/mol. The number of hydrogen-bond acceptors (Lipinski definition) is 1. The molecular formula is C24H16INO. The zero-order valence-corrected chi connectivity index (χ0v) is 16.7. The van der Waals surface area contributed by atoms with E-state index in [4.69, 9.17) is 4.42 Å². The van der Waals surface area contributed by atoms with Crippen molar-refractivity contribution in [2.45, 2.75) is 24.8 Å². The third-order valence-corrected chi connectivity index (χ3v) is 7.36. The van der Waals surface area contributed by atoms with Gasteiger partial charge in [-0.05, 0) is 64.8 Å². The van der Waals surface area contributed by atoms with Crippen molar-refractivity contribution in [3.8, 4) is 0 Å². The molecule has 130 valence electrons. The van der Waals surface area contributed by atoms with E-state index in [1.54, 1.807) is 0 Å². The Labute approximate surface area is 170 Å². The van der Waals surface area contributed by atoms with E-state index in [-0.39, 0.29) is 0 Å². The van der Waals surface area contributed by atoms with Crippen molar-refractivity contribution >= 4 is 56.1 Å². The van der Waals surface area contributed by atoms with Gasteiger partial charge in [-0.25, -0.2) is 0 Å². The summed E-state index contributed by atoms with van der Waals surface area (Å²) in [6, 6.07) is 15.8. The summed E-state index contributed by atoms with van der Waals surface area (Å²) in [6.45, 7) is 0. The molecule has 4 aromatic rings. The summed E-state index contributed by atoms with van der Waals surface area (Å²) in [4.78, 5) is 0. The van der Waals surface area contributed by atoms with Crippen molar-refractivity contribution in [1.82, 2.24) is 4.57 Å². The topological polar surface area (TPSA) is 18.1 Å².